The molecule has 0 saturated heterocycles. The second kappa shape index (κ2) is 6.49. The van der Waals surface area contributed by atoms with Crippen molar-refractivity contribution in [1.29, 1.82) is 0 Å². The van der Waals surface area contributed by atoms with Gasteiger partial charge in [-0.2, -0.15) is 4.98 Å². The number of nitrogens with one attached hydrogen (secondary N) is 1. The minimum Gasteiger partial charge on any atom is -0.444 e. The summed E-state index contributed by atoms with van der Waals surface area (Å²) in [6, 6.07) is 9.37. The third-order valence-electron chi connectivity index (χ3n) is 2.15. The van der Waals surface area contributed by atoms with Crippen molar-refractivity contribution in [3.63, 3.8) is 0 Å². The molecule has 0 saturated carbocycles. The molecule has 1 amide bonds. The van der Waals surface area contributed by atoms with Crippen LogP contribution in [-0.4, -0.2) is 16.1 Å². The lowest BCUT2D eigenvalue weighted by Crippen LogP contribution is -2.15. The van der Waals surface area contributed by atoms with E-state index in [0.717, 1.165) is 5.56 Å². The third-order valence-corrected chi connectivity index (χ3v) is 2.91. The first-order valence-electron chi connectivity index (χ1n) is 5.31. The highest BCUT2D eigenvalue weighted by Crippen LogP contribution is 2.20. The van der Waals surface area contributed by atoms with Gasteiger partial charge >= 0.3 is 6.09 Å². The van der Waals surface area contributed by atoms with Crippen LogP contribution in [-0.2, 0) is 11.3 Å². The van der Waals surface area contributed by atoms with E-state index < -0.39 is 6.09 Å². The van der Waals surface area contributed by atoms with Crippen molar-refractivity contribution in [1.82, 2.24) is 9.97 Å². The zero-order valence-corrected chi connectivity index (χ0v) is 12.0. The number of benzene rings is 1. The van der Waals surface area contributed by atoms with E-state index in [0.29, 0.717) is 4.47 Å². The quantitative estimate of drug-likeness (QED) is 0.865. The van der Waals surface area contributed by atoms with Gasteiger partial charge in [0.1, 0.15) is 6.61 Å². The number of anilines is 1. The summed E-state index contributed by atoms with van der Waals surface area (Å²) in [5, 5.41) is 2.52. The Labute approximate surface area is 123 Å². The number of carbonyl (C=O) groups excluding carboxylic acids is 1. The van der Waals surface area contributed by atoms with E-state index in [1.54, 1.807) is 0 Å². The van der Waals surface area contributed by atoms with Crippen molar-refractivity contribution in [3.8, 4) is 0 Å². The predicted octanol–water partition coefficient (Wildman–Crippen LogP) is 3.64. The lowest BCUT2D eigenvalue weighted by molar-refractivity contribution is 0.155. The van der Waals surface area contributed by atoms with Crippen LogP contribution in [0.15, 0.2) is 41.0 Å². The Kier molecular flexibility index (Phi) is 4.70. The Morgan fingerprint density at radius 1 is 1.37 bits per heavy atom. The molecule has 0 aliphatic carbocycles. The lowest BCUT2D eigenvalue weighted by Gasteiger charge is -2.07. The standard InChI is InChI=1S/C12H9BrClN3O2/c13-9-6-15-11(14)16-10(9)17-12(18)19-7-8-4-2-1-3-5-8/h1-6H,7H2,(H,15,16,17,18). The third kappa shape index (κ3) is 4.18. The molecule has 0 atom stereocenters. The molecule has 0 spiro atoms. The van der Waals surface area contributed by atoms with Gasteiger partial charge < -0.3 is 4.74 Å². The van der Waals surface area contributed by atoms with E-state index >= 15 is 0 Å². The first-order valence-corrected chi connectivity index (χ1v) is 6.48. The molecule has 5 nitrogen and oxygen atoms in total. The first-order chi connectivity index (χ1) is 9.15. The monoisotopic (exact) mass is 341 g/mol. The van der Waals surface area contributed by atoms with Crippen LogP contribution in [0.4, 0.5) is 10.6 Å². The summed E-state index contributed by atoms with van der Waals surface area (Å²) < 4.78 is 5.57. The van der Waals surface area contributed by atoms with Gasteiger partial charge in [0, 0.05) is 6.20 Å². The van der Waals surface area contributed by atoms with E-state index in [4.69, 9.17) is 16.3 Å². The number of aromatic nitrogens is 2. The molecule has 0 fully saturated rings. The summed E-state index contributed by atoms with van der Waals surface area (Å²) in [7, 11) is 0. The number of carbonyl (C=O) groups is 1. The van der Waals surface area contributed by atoms with Gasteiger partial charge in [-0.1, -0.05) is 30.3 Å². The SMILES string of the molecule is O=C(Nc1nc(Cl)ncc1Br)OCc1ccccc1. The Balaban J connectivity index is 1.93. The van der Waals surface area contributed by atoms with Crippen molar-refractivity contribution in [2.24, 2.45) is 0 Å². The molecule has 7 heteroatoms. The van der Waals surface area contributed by atoms with Crippen LogP contribution in [0.2, 0.25) is 5.28 Å². The maximum atomic E-state index is 11.6. The van der Waals surface area contributed by atoms with Crippen molar-refractivity contribution in [2.45, 2.75) is 6.61 Å². The molecule has 0 bridgehead atoms. The van der Waals surface area contributed by atoms with E-state index in [1.165, 1.54) is 6.20 Å². The highest BCUT2D eigenvalue weighted by molar-refractivity contribution is 9.10. The topological polar surface area (TPSA) is 64.1 Å². The number of hydrogen-bond acceptors (Lipinski definition) is 4. The maximum Gasteiger partial charge on any atom is 0.413 e. The average molecular weight is 343 g/mol. The number of rotatable bonds is 3. The molecule has 0 aliphatic heterocycles. The molecule has 1 aromatic carbocycles. The summed E-state index contributed by atoms with van der Waals surface area (Å²) in [4.78, 5) is 19.2. The zero-order valence-electron chi connectivity index (χ0n) is 9.64. The number of amides is 1. The number of nitrogens with zero attached hydrogens (tertiary/aromatic N) is 2. The van der Waals surface area contributed by atoms with Crippen LogP contribution in [0.25, 0.3) is 0 Å². The van der Waals surface area contributed by atoms with Crippen LogP contribution >= 0.6 is 27.5 Å². The summed E-state index contributed by atoms with van der Waals surface area (Å²) in [5.74, 6) is 0.262. The normalized spacial score (nSPS) is 10.0. The molecule has 1 aromatic heterocycles. The zero-order chi connectivity index (χ0) is 13.7. The van der Waals surface area contributed by atoms with E-state index in [-0.39, 0.29) is 17.7 Å². The fourth-order valence-corrected chi connectivity index (χ4v) is 1.71. The highest BCUT2D eigenvalue weighted by atomic mass is 79.9. The van der Waals surface area contributed by atoms with Crippen LogP contribution in [0, 0.1) is 0 Å². The number of hydrogen-bond donors (Lipinski definition) is 1. The Hall–Kier alpha value is -1.66. The van der Waals surface area contributed by atoms with Crippen molar-refractivity contribution < 1.29 is 9.53 Å². The minimum atomic E-state index is -0.612. The number of halogens is 2. The summed E-state index contributed by atoms with van der Waals surface area (Å²) in [6.45, 7) is 0.184. The largest absolute Gasteiger partial charge is 0.444 e. The van der Waals surface area contributed by atoms with Gasteiger partial charge in [0.15, 0.2) is 5.82 Å². The Morgan fingerprint density at radius 2 is 2.11 bits per heavy atom. The van der Waals surface area contributed by atoms with Crippen molar-refractivity contribution in [3.05, 3.63) is 51.8 Å². The Bertz CT molecular complexity index is 580. The van der Waals surface area contributed by atoms with E-state index in [1.807, 2.05) is 30.3 Å². The van der Waals surface area contributed by atoms with Gasteiger partial charge in [-0.3, -0.25) is 5.32 Å². The second-order valence-electron chi connectivity index (χ2n) is 3.52. The molecular weight excluding hydrogens is 334 g/mol. The van der Waals surface area contributed by atoms with Crippen LogP contribution in [0.3, 0.4) is 0 Å². The lowest BCUT2D eigenvalue weighted by atomic mass is 10.2. The minimum absolute atomic E-state index is 0.0431. The van der Waals surface area contributed by atoms with Gasteiger partial charge in [-0.25, -0.2) is 9.78 Å². The highest BCUT2D eigenvalue weighted by Gasteiger charge is 2.09. The second-order valence-corrected chi connectivity index (χ2v) is 4.71. The van der Waals surface area contributed by atoms with Crippen molar-refractivity contribution >= 4 is 39.4 Å². The van der Waals surface area contributed by atoms with Gasteiger partial charge in [-0.05, 0) is 33.1 Å². The molecule has 1 N–H and O–H groups in total. The van der Waals surface area contributed by atoms with Crippen LogP contribution < -0.4 is 5.32 Å². The van der Waals surface area contributed by atoms with Gasteiger partial charge in [0.05, 0.1) is 4.47 Å². The molecular formula is C12H9BrClN3O2. The molecule has 98 valence electrons. The van der Waals surface area contributed by atoms with Gasteiger partial charge in [0.25, 0.3) is 0 Å². The van der Waals surface area contributed by atoms with Crippen LogP contribution in [0.5, 0.6) is 0 Å². The molecule has 2 aromatic rings. The van der Waals surface area contributed by atoms with Crippen molar-refractivity contribution in [2.75, 3.05) is 5.32 Å². The van der Waals surface area contributed by atoms with Gasteiger partial charge in [-0.15, -0.1) is 0 Å². The fourth-order valence-electron chi connectivity index (χ4n) is 1.29. The van der Waals surface area contributed by atoms with E-state index in [9.17, 15) is 4.79 Å². The molecule has 19 heavy (non-hydrogen) atoms. The predicted molar refractivity (Wildman–Crippen MR) is 75.0 cm³/mol. The average Bonchev–Trinajstić information content (AvgIpc) is 2.42. The number of ether oxygens (including phenoxy) is 1. The molecule has 0 radical (unpaired) electrons. The molecule has 0 unspecified atom stereocenters. The smallest absolute Gasteiger partial charge is 0.413 e. The molecule has 0 aliphatic rings. The van der Waals surface area contributed by atoms with Gasteiger partial charge in [0.2, 0.25) is 5.28 Å². The summed E-state index contributed by atoms with van der Waals surface area (Å²) in [5.41, 5.74) is 0.900. The molecule has 1 heterocycles. The summed E-state index contributed by atoms with van der Waals surface area (Å²) in [6.07, 6.45) is 0.835. The first kappa shape index (κ1) is 13.8. The maximum absolute atomic E-state index is 11.6. The summed E-state index contributed by atoms with van der Waals surface area (Å²) >= 11 is 8.84. The van der Waals surface area contributed by atoms with Crippen LogP contribution in [0.1, 0.15) is 5.56 Å². The van der Waals surface area contributed by atoms with E-state index in [2.05, 4.69) is 31.2 Å². The molecule has 2 rings (SSSR count). The Morgan fingerprint density at radius 3 is 2.84 bits per heavy atom. The fraction of sp³-hybridized carbons (Fsp3) is 0.0833.